The third-order valence-corrected chi connectivity index (χ3v) is 2.74. The quantitative estimate of drug-likeness (QED) is 0.553. The van der Waals surface area contributed by atoms with E-state index in [0.717, 1.165) is 31.9 Å². The third-order valence-electron chi connectivity index (χ3n) is 2.74. The first kappa shape index (κ1) is 10.3. The van der Waals surface area contributed by atoms with Gasteiger partial charge in [0.25, 0.3) is 0 Å². The van der Waals surface area contributed by atoms with E-state index in [1.165, 1.54) is 0 Å². The smallest absolute Gasteiger partial charge is 0.120 e. The van der Waals surface area contributed by atoms with E-state index in [-0.39, 0.29) is 0 Å². The van der Waals surface area contributed by atoms with Crippen molar-refractivity contribution in [2.75, 3.05) is 32.5 Å². The minimum atomic E-state index is 0.332. The average molecular weight is 207 g/mol. The molecule has 4 nitrogen and oxygen atoms in total. The Labute approximate surface area is 89.9 Å². The molecule has 1 saturated heterocycles. The van der Waals surface area contributed by atoms with Crippen LogP contribution in [-0.4, -0.2) is 41.7 Å². The Morgan fingerprint density at radius 1 is 1.40 bits per heavy atom. The van der Waals surface area contributed by atoms with Crippen LogP contribution in [0.15, 0.2) is 18.2 Å². The molecule has 0 amide bonds. The molecule has 3 N–H and O–H groups in total. The molecular weight excluding hydrogens is 190 g/mol. The van der Waals surface area contributed by atoms with Crippen molar-refractivity contribution in [3.8, 4) is 5.75 Å². The fourth-order valence-corrected chi connectivity index (χ4v) is 1.90. The molecule has 1 aliphatic rings. The van der Waals surface area contributed by atoms with Crippen LogP contribution in [0.4, 0.5) is 5.69 Å². The first-order valence-corrected chi connectivity index (χ1v) is 5.13. The first-order chi connectivity index (χ1) is 7.15. The Kier molecular flexibility index (Phi) is 2.79. The van der Waals surface area contributed by atoms with E-state index in [1.807, 2.05) is 6.07 Å². The highest BCUT2D eigenvalue weighted by Gasteiger charge is 2.17. The number of nitrogen functional groups attached to an aromatic ring is 1. The number of hydrogen-bond acceptors (Lipinski definition) is 4. The normalized spacial score (nSPS) is 18.5. The second kappa shape index (κ2) is 4.08. The molecule has 1 heterocycles. The van der Waals surface area contributed by atoms with Crippen molar-refractivity contribution in [3.05, 3.63) is 23.8 Å². The van der Waals surface area contributed by atoms with Gasteiger partial charge < -0.3 is 10.8 Å². The highest BCUT2D eigenvalue weighted by atomic mass is 16.3. The monoisotopic (exact) mass is 207 g/mol. The van der Waals surface area contributed by atoms with E-state index in [9.17, 15) is 5.11 Å². The summed E-state index contributed by atoms with van der Waals surface area (Å²) in [7, 11) is 2.10. The van der Waals surface area contributed by atoms with Crippen LogP contribution in [0.25, 0.3) is 0 Å². The topological polar surface area (TPSA) is 52.7 Å². The Balaban J connectivity index is 2.07. The molecule has 1 aliphatic heterocycles. The predicted octanol–water partition coefficient (Wildman–Crippen LogP) is 0.679. The fraction of sp³-hybridized carbons (Fsp3) is 0.455. The second-order valence-corrected chi connectivity index (χ2v) is 4.16. The standard InChI is InChI=1S/C11H17N3O/c1-13-4-5-14(8-13)7-9-6-10(12)2-3-11(9)15/h2-3,6,15H,4-5,7-8,12H2,1H3. The number of rotatable bonds is 2. The maximum Gasteiger partial charge on any atom is 0.120 e. The van der Waals surface area contributed by atoms with E-state index in [1.54, 1.807) is 12.1 Å². The van der Waals surface area contributed by atoms with Gasteiger partial charge in [0.15, 0.2) is 0 Å². The van der Waals surface area contributed by atoms with Crippen LogP contribution in [0.1, 0.15) is 5.56 Å². The highest BCUT2D eigenvalue weighted by molar-refractivity contribution is 5.47. The van der Waals surface area contributed by atoms with E-state index < -0.39 is 0 Å². The van der Waals surface area contributed by atoms with Gasteiger partial charge in [0, 0.05) is 30.9 Å². The van der Waals surface area contributed by atoms with Crippen molar-refractivity contribution in [2.24, 2.45) is 0 Å². The van der Waals surface area contributed by atoms with Crippen LogP contribution in [0, 0.1) is 0 Å². The summed E-state index contributed by atoms with van der Waals surface area (Å²) in [6, 6.07) is 5.22. The van der Waals surface area contributed by atoms with E-state index in [2.05, 4.69) is 16.8 Å². The van der Waals surface area contributed by atoms with Crippen molar-refractivity contribution in [1.82, 2.24) is 9.80 Å². The molecule has 0 radical (unpaired) electrons. The first-order valence-electron chi connectivity index (χ1n) is 5.13. The molecule has 1 aromatic rings. The van der Waals surface area contributed by atoms with Gasteiger partial charge in [0.05, 0.1) is 6.67 Å². The van der Waals surface area contributed by atoms with Crippen LogP contribution in [0.3, 0.4) is 0 Å². The molecule has 0 spiro atoms. The molecule has 2 rings (SSSR count). The van der Waals surface area contributed by atoms with Crippen LogP contribution < -0.4 is 5.73 Å². The molecule has 0 atom stereocenters. The zero-order chi connectivity index (χ0) is 10.8. The number of phenolic OH excluding ortho intramolecular Hbond substituents is 1. The molecule has 0 aliphatic carbocycles. The minimum Gasteiger partial charge on any atom is -0.508 e. The van der Waals surface area contributed by atoms with Gasteiger partial charge in [-0.3, -0.25) is 9.80 Å². The molecule has 1 aromatic carbocycles. The summed E-state index contributed by atoms with van der Waals surface area (Å²) in [6.45, 7) is 3.85. The molecular formula is C11H17N3O. The predicted molar refractivity (Wildman–Crippen MR) is 60.4 cm³/mol. The number of hydrogen-bond donors (Lipinski definition) is 2. The molecule has 82 valence electrons. The van der Waals surface area contributed by atoms with Gasteiger partial charge in [-0.15, -0.1) is 0 Å². The van der Waals surface area contributed by atoms with Gasteiger partial charge in [-0.25, -0.2) is 0 Å². The Hall–Kier alpha value is -1.26. The summed E-state index contributed by atoms with van der Waals surface area (Å²) in [6.07, 6.45) is 0. The SMILES string of the molecule is CN1CCN(Cc2cc(N)ccc2O)C1. The molecule has 0 unspecified atom stereocenters. The summed E-state index contributed by atoms with van der Waals surface area (Å²) in [5.41, 5.74) is 7.30. The van der Waals surface area contributed by atoms with Crippen molar-refractivity contribution in [2.45, 2.75) is 6.54 Å². The largest absolute Gasteiger partial charge is 0.508 e. The van der Waals surface area contributed by atoms with Gasteiger partial charge in [-0.05, 0) is 25.2 Å². The van der Waals surface area contributed by atoms with Crippen molar-refractivity contribution in [3.63, 3.8) is 0 Å². The van der Waals surface area contributed by atoms with Crippen LogP contribution in [0.5, 0.6) is 5.75 Å². The lowest BCUT2D eigenvalue weighted by Gasteiger charge is -2.16. The maximum absolute atomic E-state index is 9.67. The zero-order valence-electron chi connectivity index (χ0n) is 8.98. The number of nitrogens with two attached hydrogens (primary N) is 1. The second-order valence-electron chi connectivity index (χ2n) is 4.16. The number of aromatic hydroxyl groups is 1. The molecule has 15 heavy (non-hydrogen) atoms. The molecule has 1 fully saturated rings. The summed E-state index contributed by atoms with van der Waals surface area (Å²) in [4.78, 5) is 4.54. The van der Waals surface area contributed by atoms with E-state index in [4.69, 9.17) is 5.73 Å². The molecule has 4 heteroatoms. The van der Waals surface area contributed by atoms with Gasteiger partial charge in [-0.1, -0.05) is 0 Å². The summed E-state index contributed by atoms with van der Waals surface area (Å²) < 4.78 is 0. The van der Waals surface area contributed by atoms with Crippen molar-refractivity contribution >= 4 is 5.69 Å². The Morgan fingerprint density at radius 3 is 2.87 bits per heavy atom. The summed E-state index contributed by atoms with van der Waals surface area (Å²) >= 11 is 0. The molecule has 0 saturated carbocycles. The number of phenols is 1. The van der Waals surface area contributed by atoms with Crippen LogP contribution in [0.2, 0.25) is 0 Å². The minimum absolute atomic E-state index is 0.332. The average Bonchev–Trinajstić information content (AvgIpc) is 2.58. The number of likely N-dealkylation sites (N-methyl/N-ethyl adjacent to an activating group) is 1. The van der Waals surface area contributed by atoms with E-state index in [0.29, 0.717) is 11.4 Å². The van der Waals surface area contributed by atoms with Gasteiger partial charge in [0.2, 0.25) is 0 Å². The van der Waals surface area contributed by atoms with Gasteiger partial charge in [0.1, 0.15) is 5.75 Å². The number of benzene rings is 1. The van der Waals surface area contributed by atoms with Gasteiger partial charge >= 0.3 is 0 Å². The zero-order valence-corrected chi connectivity index (χ0v) is 8.98. The lowest BCUT2D eigenvalue weighted by Crippen LogP contribution is -2.22. The molecule has 0 aromatic heterocycles. The lowest BCUT2D eigenvalue weighted by molar-refractivity contribution is 0.265. The van der Waals surface area contributed by atoms with Crippen LogP contribution in [-0.2, 0) is 6.54 Å². The summed E-state index contributed by atoms with van der Waals surface area (Å²) in [5.74, 6) is 0.332. The Bertz CT molecular complexity index is 354. The van der Waals surface area contributed by atoms with Crippen LogP contribution >= 0.6 is 0 Å². The van der Waals surface area contributed by atoms with Crippen molar-refractivity contribution in [1.29, 1.82) is 0 Å². The number of anilines is 1. The molecule has 0 bridgehead atoms. The van der Waals surface area contributed by atoms with E-state index >= 15 is 0 Å². The third kappa shape index (κ3) is 2.40. The Morgan fingerprint density at radius 2 is 2.20 bits per heavy atom. The lowest BCUT2D eigenvalue weighted by atomic mass is 10.1. The summed E-state index contributed by atoms with van der Waals surface area (Å²) in [5, 5.41) is 9.67. The maximum atomic E-state index is 9.67. The fourth-order valence-electron chi connectivity index (χ4n) is 1.90. The number of nitrogens with zero attached hydrogens (tertiary/aromatic N) is 2. The van der Waals surface area contributed by atoms with Gasteiger partial charge in [-0.2, -0.15) is 0 Å². The highest BCUT2D eigenvalue weighted by Crippen LogP contribution is 2.22. The van der Waals surface area contributed by atoms with Crippen molar-refractivity contribution < 1.29 is 5.11 Å².